The summed E-state index contributed by atoms with van der Waals surface area (Å²) in [5.41, 5.74) is 7.49. The van der Waals surface area contributed by atoms with Crippen LogP contribution in [0.25, 0.3) is 11.2 Å². The number of hydrogen-bond donors (Lipinski definition) is 3. The molecule has 0 saturated carbocycles. The highest BCUT2D eigenvalue weighted by Gasteiger charge is 2.16. The molecule has 2 rings (SSSR count). The second-order valence-corrected chi connectivity index (χ2v) is 4.15. The lowest BCUT2D eigenvalue weighted by Crippen LogP contribution is -2.19. The molecule has 102 valence electrons. The number of methoxy groups -OCH3 is 1. The molecule has 2 aromatic rings. The van der Waals surface area contributed by atoms with Crippen LogP contribution in [0.1, 0.15) is 19.4 Å². The molecule has 0 aliphatic carbocycles. The van der Waals surface area contributed by atoms with Crippen LogP contribution in [0.4, 0.5) is 5.95 Å². The molecule has 0 radical (unpaired) electrons. The number of pyridine rings is 1. The number of hydrogen-bond acceptors (Lipinski definition) is 5. The van der Waals surface area contributed by atoms with Crippen LogP contribution < -0.4 is 11.1 Å². The van der Waals surface area contributed by atoms with Crippen molar-refractivity contribution in [3.8, 4) is 0 Å². The van der Waals surface area contributed by atoms with Crippen molar-refractivity contribution in [3.63, 3.8) is 0 Å². The average molecular weight is 262 g/mol. The van der Waals surface area contributed by atoms with Crippen molar-refractivity contribution in [2.24, 2.45) is 5.73 Å². The Bertz CT molecular complexity index is 606. The van der Waals surface area contributed by atoms with Gasteiger partial charge in [-0.05, 0) is 19.9 Å². The first-order valence-corrected chi connectivity index (χ1v) is 6.07. The van der Waals surface area contributed by atoms with E-state index in [9.17, 15) is 0 Å². The predicted molar refractivity (Wildman–Crippen MR) is 74.3 cm³/mol. The molecule has 7 heteroatoms. The Hall–Kier alpha value is -2.15. The second kappa shape index (κ2) is 5.23. The summed E-state index contributed by atoms with van der Waals surface area (Å²) in [6.07, 6.45) is 1.47. The normalized spacial score (nSPS) is 12.6. The molecule has 0 fully saturated rings. The third kappa shape index (κ3) is 2.37. The second-order valence-electron chi connectivity index (χ2n) is 4.15. The summed E-state index contributed by atoms with van der Waals surface area (Å²) in [6, 6.07) is 1.70. The molecule has 19 heavy (non-hydrogen) atoms. The summed E-state index contributed by atoms with van der Waals surface area (Å²) < 4.78 is 7.10. The monoisotopic (exact) mass is 262 g/mol. The molecule has 4 N–H and O–H groups in total. The molecule has 0 aromatic carbocycles. The van der Waals surface area contributed by atoms with Gasteiger partial charge in [0.1, 0.15) is 17.6 Å². The van der Waals surface area contributed by atoms with Crippen LogP contribution in [0, 0.1) is 5.41 Å². The molecule has 0 amide bonds. The minimum atomic E-state index is -0.164. The van der Waals surface area contributed by atoms with Crippen molar-refractivity contribution >= 4 is 22.9 Å². The van der Waals surface area contributed by atoms with Crippen molar-refractivity contribution < 1.29 is 4.74 Å². The fraction of sp³-hybridized carbons (Fsp3) is 0.417. The average Bonchev–Trinajstić information content (AvgIpc) is 2.74. The number of rotatable bonds is 5. The molecule has 2 aromatic heterocycles. The van der Waals surface area contributed by atoms with Crippen LogP contribution in [0.2, 0.25) is 0 Å². The van der Waals surface area contributed by atoms with Gasteiger partial charge in [-0.15, -0.1) is 0 Å². The van der Waals surface area contributed by atoms with Gasteiger partial charge in [0.05, 0.1) is 0 Å². The van der Waals surface area contributed by atoms with Crippen LogP contribution in [-0.4, -0.2) is 33.7 Å². The maximum absolute atomic E-state index is 7.59. The number of nitrogens with zero attached hydrogens (tertiary/aromatic N) is 3. The van der Waals surface area contributed by atoms with E-state index in [2.05, 4.69) is 15.3 Å². The number of aryl methyl sites for hydroxylation is 1. The third-order valence-electron chi connectivity index (χ3n) is 2.93. The fourth-order valence-electron chi connectivity index (χ4n) is 1.89. The number of imidazole rings is 1. The quantitative estimate of drug-likeness (QED) is 0.426. The highest BCUT2D eigenvalue weighted by atomic mass is 16.5. The first-order valence-electron chi connectivity index (χ1n) is 6.07. The van der Waals surface area contributed by atoms with Crippen LogP contribution in [0.5, 0.6) is 0 Å². The lowest BCUT2D eigenvalue weighted by molar-refractivity contribution is 0.140. The van der Waals surface area contributed by atoms with Gasteiger partial charge in [-0.25, -0.2) is 9.97 Å². The van der Waals surface area contributed by atoms with E-state index in [0.717, 1.165) is 0 Å². The summed E-state index contributed by atoms with van der Waals surface area (Å²) in [6.45, 7) is 4.61. The Balaban J connectivity index is 2.59. The minimum Gasteiger partial charge on any atom is -0.384 e. The van der Waals surface area contributed by atoms with Gasteiger partial charge in [0.15, 0.2) is 5.65 Å². The number of anilines is 1. The number of nitrogens with one attached hydrogen (secondary N) is 2. The van der Waals surface area contributed by atoms with E-state index in [-0.39, 0.29) is 12.1 Å². The van der Waals surface area contributed by atoms with Crippen molar-refractivity contribution in [1.29, 1.82) is 5.41 Å². The van der Waals surface area contributed by atoms with Gasteiger partial charge in [0.2, 0.25) is 5.95 Å². The Labute approximate surface area is 111 Å². The Morgan fingerprint density at radius 1 is 1.63 bits per heavy atom. The molecular formula is C12H18N6O. The minimum absolute atomic E-state index is 0.0144. The highest BCUT2D eigenvalue weighted by molar-refractivity contribution is 6.05. The number of fused-ring (bicyclic) bond motifs is 1. The van der Waals surface area contributed by atoms with Crippen LogP contribution >= 0.6 is 0 Å². The SMILES string of the molecule is CCn1c(NC(C)OC)nc2c(C(=N)N)ccnc21. The molecule has 0 spiro atoms. The van der Waals surface area contributed by atoms with Gasteiger partial charge in [-0.1, -0.05) is 0 Å². The van der Waals surface area contributed by atoms with E-state index >= 15 is 0 Å². The first kappa shape index (κ1) is 13.3. The van der Waals surface area contributed by atoms with E-state index in [0.29, 0.717) is 29.2 Å². The molecule has 0 aliphatic rings. The van der Waals surface area contributed by atoms with Gasteiger partial charge < -0.3 is 15.8 Å². The summed E-state index contributed by atoms with van der Waals surface area (Å²) in [5.74, 6) is 0.646. The first-order chi connectivity index (χ1) is 9.08. The Morgan fingerprint density at radius 3 is 2.95 bits per heavy atom. The van der Waals surface area contributed by atoms with Crippen molar-refractivity contribution in [2.45, 2.75) is 26.6 Å². The Kier molecular flexibility index (Phi) is 3.66. The molecule has 1 unspecified atom stereocenters. The molecule has 2 heterocycles. The third-order valence-corrected chi connectivity index (χ3v) is 2.93. The summed E-state index contributed by atoms with van der Waals surface area (Å²) in [5, 5.41) is 10.7. The fourth-order valence-corrected chi connectivity index (χ4v) is 1.89. The molecule has 0 saturated heterocycles. The number of ether oxygens (including phenoxy) is 1. The largest absolute Gasteiger partial charge is 0.384 e. The molecular weight excluding hydrogens is 244 g/mol. The molecule has 1 atom stereocenters. The topological polar surface area (TPSA) is 102 Å². The van der Waals surface area contributed by atoms with E-state index in [1.165, 1.54) is 0 Å². The standard InChI is InChI=1S/C12H18N6O/c1-4-18-11-9(8(10(13)14)5-6-15-11)17-12(18)16-7(2)19-3/h5-7H,4H2,1-3H3,(H3,13,14)(H,16,17). The number of amidine groups is 1. The molecule has 0 bridgehead atoms. The number of nitrogens with two attached hydrogens (primary N) is 1. The lowest BCUT2D eigenvalue weighted by Gasteiger charge is -2.13. The molecule has 0 aliphatic heterocycles. The number of nitrogen functional groups attached to an aromatic ring is 1. The highest BCUT2D eigenvalue weighted by Crippen LogP contribution is 2.21. The Morgan fingerprint density at radius 2 is 2.37 bits per heavy atom. The van der Waals surface area contributed by atoms with Crippen molar-refractivity contribution in [2.75, 3.05) is 12.4 Å². The zero-order valence-corrected chi connectivity index (χ0v) is 11.3. The zero-order chi connectivity index (χ0) is 14.0. The van der Waals surface area contributed by atoms with Gasteiger partial charge in [-0.3, -0.25) is 9.98 Å². The van der Waals surface area contributed by atoms with E-state index < -0.39 is 0 Å². The smallest absolute Gasteiger partial charge is 0.207 e. The maximum atomic E-state index is 7.59. The van der Waals surface area contributed by atoms with Crippen LogP contribution in [0.3, 0.4) is 0 Å². The van der Waals surface area contributed by atoms with Gasteiger partial charge >= 0.3 is 0 Å². The van der Waals surface area contributed by atoms with Crippen molar-refractivity contribution in [3.05, 3.63) is 17.8 Å². The summed E-state index contributed by atoms with van der Waals surface area (Å²) in [7, 11) is 1.62. The van der Waals surface area contributed by atoms with E-state index in [4.69, 9.17) is 15.9 Å². The summed E-state index contributed by atoms with van der Waals surface area (Å²) >= 11 is 0. The van der Waals surface area contributed by atoms with E-state index in [1.54, 1.807) is 19.4 Å². The van der Waals surface area contributed by atoms with Crippen LogP contribution in [0.15, 0.2) is 12.3 Å². The van der Waals surface area contributed by atoms with Crippen molar-refractivity contribution in [1.82, 2.24) is 14.5 Å². The zero-order valence-electron chi connectivity index (χ0n) is 11.3. The van der Waals surface area contributed by atoms with Gasteiger partial charge in [-0.2, -0.15) is 0 Å². The summed E-state index contributed by atoms with van der Waals surface area (Å²) in [4.78, 5) is 8.80. The molecule has 7 nitrogen and oxygen atoms in total. The van der Waals surface area contributed by atoms with Gasteiger partial charge in [0.25, 0.3) is 0 Å². The van der Waals surface area contributed by atoms with Gasteiger partial charge in [0, 0.05) is 25.4 Å². The predicted octanol–water partition coefficient (Wildman–Crippen LogP) is 1.14. The lowest BCUT2D eigenvalue weighted by atomic mass is 10.2. The van der Waals surface area contributed by atoms with Crippen LogP contribution in [-0.2, 0) is 11.3 Å². The maximum Gasteiger partial charge on any atom is 0.207 e. The van der Waals surface area contributed by atoms with E-state index in [1.807, 2.05) is 18.4 Å². The number of aromatic nitrogens is 3.